The third kappa shape index (κ3) is 1.86. The third-order valence-electron chi connectivity index (χ3n) is 3.41. The quantitative estimate of drug-likeness (QED) is 0.780. The molecule has 2 heteroatoms. The third-order valence-corrected chi connectivity index (χ3v) is 3.41. The summed E-state index contributed by atoms with van der Waals surface area (Å²) >= 11 is 0. The molecule has 0 spiro atoms. The summed E-state index contributed by atoms with van der Waals surface area (Å²) in [6.45, 7) is 4.71. The summed E-state index contributed by atoms with van der Waals surface area (Å²) in [4.78, 5) is 5.79. The lowest BCUT2D eigenvalue weighted by molar-refractivity contribution is 0.262. The van der Waals surface area contributed by atoms with Crippen LogP contribution in [0.5, 0.6) is 0 Å². The average molecular weight is 202 g/mol. The van der Waals surface area contributed by atoms with Gasteiger partial charge in [-0.05, 0) is 36.0 Å². The fourth-order valence-electron chi connectivity index (χ4n) is 2.53. The fraction of sp³-hybridized carbons (Fsp3) is 0.538. The molecule has 0 radical (unpaired) electrons. The van der Waals surface area contributed by atoms with E-state index in [1.54, 1.807) is 0 Å². The second-order valence-corrected chi connectivity index (χ2v) is 4.93. The Morgan fingerprint density at radius 2 is 2.27 bits per heavy atom. The van der Waals surface area contributed by atoms with Gasteiger partial charge in [0.15, 0.2) is 0 Å². The van der Waals surface area contributed by atoms with Gasteiger partial charge in [-0.15, -0.1) is 0 Å². The van der Waals surface area contributed by atoms with E-state index in [4.69, 9.17) is 0 Å². The SMILES string of the molecule is CC1C=C(c2cc[nH]c2)CN(C2CC2)C1. The molecule has 1 aromatic rings. The Bertz CT molecular complexity index is 360. The van der Waals surface area contributed by atoms with Gasteiger partial charge in [-0.3, -0.25) is 4.90 Å². The zero-order chi connectivity index (χ0) is 10.3. The van der Waals surface area contributed by atoms with Gasteiger partial charge in [0, 0.05) is 31.5 Å². The lowest BCUT2D eigenvalue weighted by atomic mass is 9.97. The Kier molecular flexibility index (Phi) is 2.17. The van der Waals surface area contributed by atoms with Crippen LogP contribution in [0.15, 0.2) is 24.5 Å². The Labute approximate surface area is 91.0 Å². The van der Waals surface area contributed by atoms with Crippen molar-refractivity contribution in [2.24, 2.45) is 5.92 Å². The van der Waals surface area contributed by atoms with Gasteiger partial charge in [0.25, 0.3) is 0 Å². The maximum absolute atomic E-state index is 3.14. The molecule has 3 rings (SSSR count). The molecule has 1 aliphatic carbocycles. The molecular weight excluding hydrogens is 184 g/mol. The van der Waals surface area contributed by atoms with E-state index in [9.17, 15) is 0 Å². The van der Waals surface area contributed by atoms with Crippen molar-refractivity contribution < 1.29 is 0 Å². The van der Waals surface area contributed by atoms with Gasteiger partial charge in [-0.25, -0.2) is 0 Å². The number of H-pyrrole nitrogens is 1. The van der Waals surface area contributed by atoms with Crippen molar-refractivity contribution >= 4 is 5.57 Å². The van der Waals surface area contributed by atoms with Crippen molar-refractivity contribution in [1.29, 1.82) is 0 Å². The van der Waals surface area contributed by atoms with E-state index in [0.29, 0.717) is 5.92 Å². The first kappa shape index (κ1) is 9.22. The smallest absolute Gasteiger partial charge is 0.0240 e. The summed E-state index contributed by atoms with van der Waals surface area (Å²) in [6, 6.07) is 3.06. The minimum absolute atomic E-state index is 0.698. The predicted octanol–water partition coefficient (Wildman–Crippen LogP) is 2.51. The number of aromatic nitrogens is 1. The Balaban J connectivity index is 1.82. The summed E-state index contributed by atoms with van der Waals surface area (Å²) in [6.07, 6.45) is 9.37. The van der Waals surface area contributed by atoms with Crippen LogP contribution in [0.1, 0.15) is 25.3 Å². The molecule has 1 N–H and O–H groups in total. The van der Waals surface area contributed by atoms with E-state index in [1.807, 2.05) is 6.20 Å². The molecule has 0 saturated heterocycles. The van der Waals surface area contributed by atoms with Crippen LogP contribution in [-0.4, -0.2) is 29.0 Å². The number of nitrogens with zero attached hydrogens (tertiary/aromatic N) is 1. The second-order valence-electron chi connectivity index (χ2n) is 4.93. The van der Waals surface area contributed by atoms with E-state index in [-0.39, 0.29) is 0 Å². The molecule has 1 aliphatic heterocycles. The Morgan fingerprint density at radius 1 is 1.40 bits per heavy atom. The molecular formula is C13H18N2. The highest BCUT2D eigenvalue weighted by Gasteiger charge is 2.32. The molecule has 0 amide bonds. The summed E-state index contributed by atoms with van der Waals surface area (Å²) in [5, 5.41) is 0. The van der Waals surface area contributed by atoms with Gasteiger partial charge in [0.2, 0.25) is 0 Å². The highest BCUT2D eigenvalue weighted by atomic mass is 15.2. The summed E-state index contributed by atoms with van der Waals surface area (Å²) < 4.78 is 0. The maximum atomic E-state index is 3.14. The van der Waals surface area contributed by atoms with Crippen LogP contribution in [0.3, 0.4) is 0 Å². The number of nitrogens with one attached hydrogen (secondary N) is 1. The first-order chi connectivity index (χ1) is 7.33. The molecule has 2 heterocycles. The molecule has 2 nitrogen and oxygen atoms in total. The molecule has 0 bridgehead atoms. The molecule has 1 aromatic heterocycles. The van der Waals surface area contributed by atoms with Gasteiger partial charge in [-0.1, -0.05) is 13.0 Å². The largest absolute Gasteiger partial charge is 0.367 e. The summed E-state index contributed by atoms with van der Waals surface area (Å²) in [7, 11) is 0. The van der Waals surface area contributed by atoms with Gasteiger partial charge in [0.05, 0.1) is 0 Å². The highest BCUT2D eigenvalue weighted by Crippen LogP contribution is 2.32. The summed E-state index contributed by atoms with van der Waals surface area (Å²) in [5.74, 6) is 0.698. The van der Waals surface area contributed by atoms with Crippen LogP contribution in [-0.2, 0) is 0 Å². The van der Waals surface area contributed by atoms with Gasteiger partial charge >= 0.3 is 0 Å². The normalized spacial score (nSPS) is 27.8. The predicted molar refractivity (Wildman–Crippen MR) is 62.5 cm³/mol. The summed E-state index contributed by atoms with van der Waals surface area (Å²) in [5.41, 5.74) is 2.87. The van der Waals surface area contributed by atoms with Crippen LogP contribution in [0, 0.1) is 5.92 Å². The van der Waals surface area contributed by atoms with Crippen molar-refractivity contribution in [3.05, 3.63) is 30.1 Å². The first-order valence-corrected chi connectivity index (χ1v) is 5.91. The average Bonchev–Trinajstić information content (AvgIpc) is 2.93. The molecule has 1 saturated carbocycles. The van der Waals surface area contributed by atoms with Crippen LogP contribution in [0.2, 0.25) is 0 Å². The standard InChI is InChI=1S/C13H18N2/c1-10-6-12(11-4-5-14-7-11)9-15(8-10)13-2-3-13/h4-7,10,13-14H,2-3,8-9H2,1H3. The van der Waals surface area contributed by atoms with Crippen molar-refractivity contribution in [3.63, 3.8) is 0 Å². The van der Waals surface area contributed by atoms with Crippen LogP contribution in [0.25, 0.3) is 5.57 Å². The van der Waals surface area contributed by atoms with E-state index < -0.39 is 0 Å². The van der Waals surface area contributed by atoms with E-state index in [1.165, 1.54) is 30.5 Å². The molecule has 15 heavy (non-hydrogen) atoms. The number of aromatic amines is 1. The zero-order valence-corrected chi connectivity index (χ0v) is 9.24. The minimum atomic E-state index is 0.698. The lowest BCUT2D eigenvalue weighted by Gasteiger charge is -2.30. The van der Waals surface area contributed by atoms with E-state index in [2.05, 4.69) is 35.1 Å². The van der Waals surface area contributed by atoms with Gasteiger partial charge < -0.3 is 4.98 Å². The van der Waals surface area contributed by atoms with E-state index in [0.717, 1.165) is 12.6 Å². The van der Waals surface area contributed by atoms with E-state index >= 15 is 0 Å². The second kappa shape index (κ2) is 3.53. The number of hydrogen-bond donors (Lipinski definition) is 1. The molecule has 80 valence electrons. The first-order valence-electron chi connectivity index (χ1n) is 5.91. The monoisotopic (exact) mass is 202 g/mol. The van der Waals surface area contributed by atoms with Gasteiger partial charge in [-0.2, -0.15) is 0 Å². The van der Waals surface area contributed by atoms with Crippen molar-refractivity contribution in [2.45, 2.75) is 25.8 Å². The van der Waals surface area contributed by atoms with Crippen LogP contribution in [0.4, 0.5) is 0 Å². The minimum Gasteiger partial charge on any atom is -0.367 e. The van der Waals surface area contributed by atoms with Crippen LogP contribution >= 0.6 is 0 Å². The molecule has 2 aliphatic rings. The molecule has 1 unspecified atom stereocenters. The van der Waals surface area contributed by atoms with Gasteiger partial charge in [0.1, 0.15) is 0 Å². The van der Waals surface area contributed by atoms with Crippen molar-refractivity contribution in [3.8, 4) is 0 Å². The van der Waals surface area contributed by atoms with Crippen LogP contribution < -0.4 is 0 Å². The maximum Gasteiger partial charge on any atom is 0.0240 e. The number of rotatable bonds is 2. The zero-order valence-electron chi connectivity index (χ0n) is 9.24. The number of hydrogen-bond acceptors (Lipinski definition) is 1. The molecule has 1 atom stereocenters. The topological polar surface area (TPSA) is 19.0 Å². The lowest BCUT2D eigenvalue weighted by Crippen LogP contribution is -2.35. The molecule has 0 aromatic carbocycles. The Morgan fingerprint density at radius 3 is 2.93 bits per heavy atom. The fourth-order valence-corrected chi connectivity index (χ4v) is 2.53. The highest BCUT2D eigenvalue weighted by molar-refractivity contribution is 5.67. The van der Waals surface area contributed by atoms with Crippen molar-refractivity contribution in [1.82, 2.24) is 9.88 Å². The molecule has 1 fully saturated rings. The van der Waals surface area contributed by atoms with Crippen molar-refractivity contribution in [2.75, 3.05) is 13.1 Å². The Hall–Kier alpha value is -1.02.